The number of methoxy groups -OCH3 is 1. The van der Waals surface area contributed by atoms with Gasteiger partial charge in [-0.2, -0.15) is 0 Å². The van der Waals surface area contributed by atoms with Crippen LogP contribution in [0, 0.1) is 11.8 Å². The van der Waals surface area contributed by atoms with Crippen LogP contribution >= 0.6 is 0 Å². The van der Waals surface area contributed by atoms with Crippen molar-refractivity contribution in [1.29, 1.82) is 0 Å². The Kier molecular flexibility index (Phi) is 3.66. The van der Waals surface area contributed by atoms with E-state index in [1.54, 1.807) is 7.11 Å². The summed E-state index contributed by atoms with van der Waals surface area (Å²) in [5, 5.41) is 0. The molecular weight excluding hydrogens is 196 g/mol. The molecule has 0 aromatic heterocycles. The minimum atomic E-state index is 0.877. The van der Waals surface area contributed by atoms with Gasteiger partial charge in [-0.25, -0.2) is 0 Å². The lowest BCUT2D eigenvalue weighted by Crippen LogP contribution is -1.88. The molecule has 0 atom stereocenters. The number of ether oxygens (including phenoxy) is 1. The molecule has 0 aliphatic heterocycles. The second-order valence-electron chi connectivity index (χ2n) is 3.95. The first-order valence-electron chi connectivity index (χ1n) is 5.73. The summed E-state index contributed by atoms with van der Waals surface area (Å²) in [5.74, 6) is 7.31. The quantitative estimate of drug-likeness (QED) is 0.647. The fraction of sp³-hybridized carbons (Fsp3) is 0.333. The molecule has 1 aromatic rings. The maximum absolute atomic E-state index is 5.10. The third kappa shape index (κ3) is 2.90. The summed E-state index contributed by atoms with van der Waals surface area (Å²) < 4.78 is 5.10. The number of hydrogen-bond donors (Lipinski definition) is 0. The second-order valence-corrected chi connectivity index (χ2v) is 3.95. The van der Waals surface area contributed by atoms with Gasteiger partial charge in [0.15, 0.2) is 0 Å². The van der Waals surface area contributed by atoms with Crippen molar-refractivity contribution in [2.45, 2.75) is 25.7 Å². The fourth-order valence-electron chi connectivity index (χ4n) is 1.78. The Bertz CT molecular complexity index is 429. The van der Waals surface area contributed by atoms with Crippen LogP contribution in [0.3, 0.4) is 0 Å². The third-order valence-corrected chi connectivity index (χ3v) is 2.75. The summed E-state index contributed by atoms with van der Waals surface area (Å²) in [4.78, 5) is 0. The maximum atomic E-state index is 5.10. The number of allylic oxidation sites excluding steroid dienone is 2. The Morgan fingerprint density at radius 2 is 1.88 bits per heavy atom. The Balaban J connectivity index is 2.08. The van der Waals surface area contributed by atoms with E-state index in [4.69, 9.17) is 4.74 Å². The van der Waals surface area contributed by atoms with Crippen molar-refractivity contribution in [3.8, 4) is 17.6 Å². The molecule has 0 amide bonds. The van der Waals surface area contributed by atoms with Crippen LogP contribution in [0.2, 0.25) is 0 Å². The molecule has 1 aromatic carbocycles. The van der Waals surface area contributed by atoms with Crippen LogP contribution in [0.15, 0.2) is 35.9 Å². The molecule has 0 spiro atoms. The Morgan fingerprint density at radius 1 is 1.06 bits per heavy atom. The summed E-state index contributed by atoms with van der Waals surface area (Å²) in [6.45, 7) is 0. The molecule has 82 valence electrons. The van der Waals surface area contributed by atoms with Gasteiger partial charge >= 0.3 is 0 Å². The molecule has 1 nitrogen and oxygen atoms in total. The predicted molar refractivity (Wildman–Crippen MR) is 66.4 cm³/mol. The SMILES string of the molecule is COc1ccc(C#CC2=CCCCC2)cc1. The van der Waals surface area contributed by atoms with E-state index in [1.807, 2.05) is 24.3 Å². The first kappa shape index (κ1) is 10.8. The summed E-state index contributed by atoms with van der Waals surface area (Å²) in [6.07, 6.45) is 7.19. The highest BCUT2D eigenvalue weighted by molar-refractivity contribution is 5.42. The highest BCUT2D eigenvalue weighted by Gasteiger charge is 1.99. The minimum Gasteiger partial charge on any atom is -0.497 e. The van der Waals surface area contributed by atoms with Gasteiger partial charge < -0.3 is 4.74 Å². The molecule has 0 fully saturated rings. The van der Waals surface area contributed by atoms with E-state index in [0.29, 0.717) is 0 Å². The Morgan fingerprint density at radius 3 is 2.50 bits per heavy atom. The van der Waals surface area contributed by atoms with Crippen molar-refractivity contribution >= 4 is 0 Å². The molecule has 0 N–H and O–H groups in total. The van der Waals surface area contributed by atoms with Crippen LogP contribution in [-0.2, 0) is 0 Å². The summed E-state index contributed by atoms with van der Waals surface area (Å²) >= 11 is 0. The molecule has 0 bridgehead atoms. The first-order valence-corrected chi connectivity index (χ1v) is 5.73. The zero-order valence-electron chi connectivity index (χ0n) is 9.62. The lowest BCUT2D eigenvalue weighted by molar-refractivity contribution is 0.415. The molecule has 1 heteroatoms. The van der Waals surface area contributed by atoms with Gasteiger partial charge in [0.25, 0.3) is 0 Å². The lowest BCUT2D eigenvalue weighted by Gasteiger charge is -2.05. The van der Waals surface area contributed by atoms with E-state index in [1.165, 1.54) is 24.8 Å². The predicted octanol–water partition coefficient (Wildman–Crippen LogP) is 3.55. The Labute approximate surface area is 97.1 Å². The van der Waals surface area contributed by atoms with Crippen molar-refractivity contribution < 1.29 is 4.74 Å². The molecule has 1 aliphatic carbocycles. The van der Waals surface area contributed by atoms with Crippen LogP contribution in [0.1, 0.15) is 31.2 Å². The smallest absolute Gasteiger partial charge is 0.118 e. The summed E-state index contributed by atoms with van der Waals surface area (Å²) in [6, 6.07) is 7.88. The summed E-state index contributed by atoms with van der Waals surface area (Å²) in [5.41, 5.74) is 2.34. The van der Waals surface area contributed by atoms with E-state index >= 15 is 0 Å². The average molecular weight is 212 g/mol. The van der Waals surface area contributed by atoms with Crippen molar-refractivity contribution in [2.75, 3.05) is 7.11 Å². The molecule has 1 aliphatic rings. The molecule has 16 heavy (non-hydrogen) atoms. The van der Waals surface area contributed by atoms with Gasteiger partial charge in [0.2, 0.25) is 0 Å². The van der Waals surface area contributed by atoms with Gasteiger partial charge in [-0.1, -0.05) is 17.9 Å². The molecule has 0 unspecified atom stereocenters. The maximum Gasteiger partial charge on any atom is 0.118 e. The van der Waals surface area contributed by atoms with E-state index in [2.05, 4.69) is 17.9 Å². The largest absolute Gasteiger partial charge is 0.497 e. The average Bonchev–Trinajstić information content (AvgIpc) is 2.38. The monoisotopic (exact) mass is 212 g/mol. The highest BCUT2D eigenvalue weighted by atomic mass is 16.5. The molecular formula is C15H16O. The van der Waals surface area contributed by atoms with Gasteiger partial charge in [-0.15, -0.1) is 0 Å². The van der Waals surface area contributed by atoms with E-state index in [9.17, 15) is 0 Å². The topological polar surface area (TPSA) is 9.23 Å². The van der Waals surface area contributed by atoms with Gasteiger partial charge in [0.1, 0.15) is 5.75 Å². The summed E-state index contributed by atoms with van der Waals surface area (Å²) in [7, 11) is 1.67. The van der Waals surface area contributed by atoms with Crippen molar-refractivity contribution in [3.63, 3.8) is 0 Å². The molecule has 0 saturated heterocycles. The van der Waals surface area contributed by atoms with Crippen molar-refractivity contribution in [2.24, 2.45) is 0 Å². The van der Waals surface area contributed by atoms with Crippen LogP contribution in [0.25, 0.3) is 0 Å². The molecule has 2 rings (SSSR count). The van der Waals surface area contributed by atoms with Crippen LogP contribution in [0.5, 0.6) is 5.75 Å². The fourth-order valence-corrected chi connectivity index (χ4v) is 1.78. The highest BCUT2D eigenvalue weighted by Crippen LogP contribution is 2.16. The van der Waals surface area contributed by atoms with Gasteiger partial charge in [-0.3, -0.25) is 0 Å². The van der Waals surface area contributed by atoms with Crippen molar-refractivity contribution in [3.05, 3.63) is 41.5 Å². The standard InChI is InChI=1S/C15H16O/c1-16-15-11-9-14(10-12-15)8-7-13-5-3-2-4-6-13/h5,9-12H,2-4,6H2,1H3. The van der Waals surface area contributed by atoms with Crippen LogP contribution < -0.4 is 4.74 Å². The Hall–Kier alpha value is -1.68. The first-order chi connectivity index (χ1) is 7.88. The van der Waals surface area contributed by atoms with E-state index < -0.39 is 0 Å². The number of hydrogen-bond acceptors (Lipinski definition) is 1. The molecule has 0 radical (unpaired) electrons. The zero-order valence-corrected chi connectivity index (χ0v) is 9.62. The minimum absolute atomic E-state index is 0.877. The normalized spacial score (nSPS) is 14.7. The van der Waals surface area contributed by atoms with E-state index in [-0.39, 0.29) is 0 Å². The van der Waals surface area contributed by atoms with Crippen molar-refractivity contribution in [1.82, 2.24) is 0 Å². The van der Waals surface area contributed by atoms with Crippen LogP contribution in [0.4, 0.5) is 0 Å². The second kappa shape index (κ2) is 5.42. The molecule has 0 saturated carbocycles. The zero-order chi connectivity index (χ0) is 11.2. The lowest BCUT2D eigenvalue weighted by atomic mass is 10.00. The number of benzene rings is 1. The van der Waals surface area contributed by atoms with Gasteiger partial charge in [-0.05, 0) is 55.5 Å². The van der Waals surface area contributed by atoms with Gasteiger partial charge in [0.05, 0.1) is 7.11 Å². The third-order valence-electron chi connectivity index (χ3n) is 2.75. The van der Waals surface area contributed by atoms with Gasteiger partial charge in [0, 0.05) is 5.56 Å². The van der Waals surface area contributed by atoms with E-state index in [0.717, 1.165) is 17.7 Å². The number of rotatable bonds is 1. The van der Waals surface area contributed by atoms with Crippen LogP contribution in [-0.4, -0.2) is 7.11 Å². The molecule has 0 heterocycles.